The van der Waals surface area contributed by atoms with Crippen molar-refractivity contribution in [2.24, 2.45) is 5.92 Å². The average molecular weight is 352 g/mol. The van der Waals surface area contributed by atoms with Crippen LogP contribution in [-0.4, -0.2) is 17.4 Å². The normalized spacial score (nSPS) is 10.7. The van der Waals surface area contributed by atoms with Gasteiger partial charge in [0.15, 0.2) is 0 Å². The van der Waals surface area contributed by atoms with E-state index in [4.69, 9.17) is 23.2 Å². The second-order valence-corrected chi connectivity index (χ2v) is 6.52. The van der Waals surface area contributed by atoms with Crippen LogP contribution < -0.4 is 10.6 Å². The topological polar surface area (TPSA) is 54.0 Å². The monoisotopic (exact) mass is 351 g/mol. The molecule has 23 heavy (non-hydrogen) atoms. The number of carbonyl (C=O) groups is 1. The Morgan fingerprint density at radius 1 is 1.17 bits per heavy atom. The summed E-state index contributed by atoms with van der Waals surface area (Å²) in [6.45, 7) is 4.90. The number of amides is 1. The molecule has 0 aliphatic carbocycles. The molecule has 0 radical (unpaired) electrons. The quantitative estimate of drug-likeness (QED) is 0.777. The highest BCUT2D eigenvalue weighted by atomic mass is 35.5. The van der Waals surface area contributed by atoms with Gasteiger partial charge in [-0.15, -0.1) is 0 Å². The van der Waals surface area contributed by atoms with E-state index in [1.54, 1.807) is 36.5 Å². The van der Waals surface area contributed by atoms with Crippen molar-refractivity contribution in [2.45, 2.75) is 20.3 Å². The molecule has 2 rings (SSSR count). The fourth-order valence-corrected chi connectivity index (χ4v) is 2.52. The summed E-state index contributed by atoms with van der Waals surface area (Å²) in [4.78, 5) is 16.3. The molecule has 0 bridgehead atoms. The zero-order chi connectivity index (χ0) is 16.8. The highest BCUT2D eigenvalue weighted by Crippen LogP contribution is 2.24. The van der Waals surface area contributed by atoms with E-state index in [2.05, 4.69) is 29.5 Å². The number of aromatic nitrogens is 1. The van der Waals surface area contributed by atoms with Gasteiger partial charge in [0.05, 0.1) is 0 Å². The molecule has 0 atom stereocenters. The molecule has 0 unspecified atom stereocenters. The van der Waals surface area contributed by atoms with E-state index < -0.39 is 0 Å². The molecular formula is C17H19Cl2N3O. The molecule has 1 amide bonds. The molecule has 4 nitrogen and oxygen atoms in total. The van der Waals surface area contributed by atoms with Crippen molar-refractivity contribution in [3.05, 3.63) is 52.1 Å². The van der Waals surface area contributed by atoms with Crippen LogP contribution in [-0.2, 0) is 0 Å². The molecule has 122 valence electrons. The van der Waals surface area contributed by atoms with Gasteiger partial charge in [-0.05, 0) is 42.7 Å². The Hall–Kier alpha value is -1.78. The predicted molar refractivity (Wildman–Crippen MR) is 95.8 cm³/mol. The van der Waals surface area contributed by atoms with Crippen molar-refractivity contribution in [2.75, 3.05) is 11.9 Å². The third-order valence-electron chi connectivity index (χ3n) is 3.16. The van der Waals surface area contributed by atoms with E-state index in [-0.39, 0.29) is 5.91 Å². The van der Waals surface area contributed by atoms with Gasteiger partial charge in [-0.3, -0.25) is 4.79 Å². The van der Waals surface area contributed by atoms with Crippen molar-refractivity contribution in [3.8, 4) is 0 Å². The Kier molecular flexibility index (Phi) is 6.25. The summed E-state index contributed by atoms with van der Waals surface area (Å²) in [6, 6.07) is 8.51. The lowest BCUT2D eigenvalue weighted by atomic mass is 10.1. The van der Waals surface area contributed by atoms with E-state index >= 15 is 0 Å². The fraction of sp³-hybridized carbons (Fsp3) is 0.294. The van der Waals surface area contributed by atoms with Crippen molar-refractivity contribution in [1.82, 2.24) is 10.3 Å². The maximum atomic E-state index is 12.1. The third kappa shape index (κ3) is 5.73. The van der Waals surface area contributed by atoms with Crippen LogP contribution in [0.5, 0.6) is 0 Å². The molecule has 0 saturated carbocycles. The zero-order valence-electron chi connectivity index (χ0n) is 13.1. The molecule has 1 aromatic carbocycles. The summed E-state index contributed by atoms with van der Waals surface area (Å²) in [5, 5.41) is 7.06. The summed E-state index contributed by atoms with van der Waals surface area (Å²) in [7, 11) is 0. The minimum Gasteiger partial charge on any atom is -0.352 e. The number of benzene rings is 1. The largest absolute Gasteiger partial charge is 0.352 e. The highest BCUT2D eigenvalue weighted by Gasteiger charge is 2.07. The highest BCUT2D eigenvalue weighted by molar-refractivity contribution is 6.35. The second-order valence-electron chi connectivity index (χ2n) is 5.65. The summed E-state index contributed by atoms with van der Waals surface area (Å²) in [5.41, 5.74) is 1.27. The first kappa shape index (κ1) is 17.6. The van der Waals surface area contributed by atoms with Gasteiger partial charge < -0.3 is 10.6 Å². The number of carbonyl (C=O) groups excluding carboxylic acids is 1. The minimum absolute atomic E-state index is 0.111. The van der Waals surface area contributed by atoms with Gasteiger partial charge in [-0.1, -0.05) is 37.0 Å². The van der Waals surface area contributed by atoms with Crippen LogP contribution in [0.4, 0.5) is 11.5 Å². The first-order valence-electron chi connectivity index (χ1n) is 7.41. The van der Waals surface area contributed by atoms with E-state index in [0.717, 1.165) is 6.42 Å². The third-order valence-corrected chi connectivity index (χ3v) is 3.60. The van der Waals surface area contributed by atoms with Crippen LogP contribution in [0.3, 0.4) is 0 Å². The van der Waals surface area contributed by atoms with Gasteiger partial charge in [-0.2, -0.15) is 0 Å². The SMILES string of the molecule is CC(C)CCNC(=O)c1ccnc(Nc2cc(Cl)cc(Cl)c2)c1. The van der Waals surface area contributed by atoms with Crippen LogP contribution in [0.25, 0.3) is 0 Å². The summed E-state index contributed by atoms with van der Waals surface area (Å²) >= 11 is 11.9. The van der Waals surface area contributed by atoms with E-state index in [9.17, 15) is 4.79 Å². The van der Waals surface area contributed by atoms with Crippen LogP contribution in [0, 0.1) is 5.92 Å². The number of anilines is 2. The Morgan fingerprint density at radius 2 is 1.87 bits per heavy atom. The van der Waals surface area contributed by atoms with Gasteiger partial charge in [0.25, 0.3) is 5.91 Å². The average Bonchev–Trinajstić information content (AvgIpc) is 2.46. The summed E-state index contributed by atoms with van der Waals surface area (Å²) in [6.07, 6.45) is 2.54. The number of halogens is 2. The number of hydrogen-bond acceptors (Lipinski definition) is 3. The molecule has 2 N–H and O–H groups in total. The molecule has 0 saturated heterocycles. The van der Waals surface area contributed by atoms with E-state index in [1.807, 2.05) is 0 Å². The Bertz CT molecular complexity index is 669. The van der Waals surface area contributed by atoms with Crippen LogP contribution in [0.2, 0.25) is 10.0 Å². The van der Waals surface area contributed by atoms with E-state index in [1.165, 1.54) is 0 Å². The number of pyridine rings is 1. The number of rotatable bonds is 6. The molecule has 0 aliphatic rings. The molecule has 1 aromatic heterocycles. The van der Waals surface area contributed by atoms with Crippen LogP contribution >= 0.6 is 23.2 Å². The maximum Gasteiger partial charge on any atom is 0.251 e. The van der Waals surface area contributed by atoms with Crippen LogP contribution in [0.1, 0.15) is 30.6 Å². The van der Waals surface area contributed by atoms with Gasteiger partial charge in [-0.25, -0.2) is 4.98 Å². The predicted octanol–water partition coefficient (Wildman–Crippen LogP) is 4.91. The van der Waals surface area contributed by atoms with Crippen LogP contribution in [0.15, 0.2) is 36.5 Å². The Balaban J connectivity index is 2.05. The smallest absolute Gasteiger partial charge is 0.251 e. The molecule has 1 heterocycles. The number of hydrogen-bond donors (Lipinski definition) is 2. The molecule has 0 fully saturated rings. The van der Waals surface area contributed by atoms with E-state index in [0.29, 0.717) is 39.6 Å². The van der Waals surface area contributed by atoms with Crippen molar-refractivity contribution < 1.29 is 4.79 Å². The maximum absolute atomic E-state index is 12.1. The molecule has 2 aromatic rings. The minimum atomic E-state index is -0.111. The molecule has 0 aliphatic heterocycles. The lowest BCUT2D eigenvalue weighted by molar-refractivity contribution is 0.0952. The molecule has 6 heteroatoms. The van der Waals surface area contributed by atoms with Gasteiger partial charge in [0.1, 0.15) is 5.82 Å². The second kappa shape index (κ2) is 8.18. The molecule has 0 spiro atoms. The number of nitrogens with zero attached hydrogens (tertiary/aromatic N) is 1. The van der Waals surface area contributed by atoms with Crippen molar-refractivity contribution in [1.29, 1.82) is 0 Å². The van der Waals surface area contributed by atoms with Crippen molar-refractivity contribution in [3.63, 3.8) is 0 Å². The first-order chi connectivity index (χ1) is 10.9. The molecular weight excluding hydrogens is 333 g/mol. The first-order valence-corrected chi connectivity index (χ1v) is 8.17. The lowest BCUT2D eigenvalue weighted by Gasteiger charge is -2.10. The van der Waals surface area contributed by atoms with Gasteiger partial charge in [0.2, 0.25) is 0 Å². The zero-order valence-corrected chi connectivity index (χ0v) is 14.6. The summed E-state index contributed by atoms with van der Waals surface area (Å²) < 4.78 is 0. The number of nitrogens with one attached hydrogen (secondary N) is 2. The van der Waals surface area contributed by atoms with Crippen molar-refractivity contribution >= 4 is 40.6 Å². The van der Waals surface area contributed by atoms with Gasteiger partial charge >= 0.3 is 0 Å². The summed E-state index contributed by atoms with van der Waals surface area (Å²) in [5.74, 6) is 0.998. The fourth-order valence-electron chi connectivity index (χ4n) is 1.99. The standard InChI is InChI=1S/C17H19Cl2N3O/c1-11(2)3-5-21-17(23)12-4-6-20-16(7-12)22-15-9-13(18)8-14(19)10-15/h4,6-11H,3,5H2,1-2H3,(H,20,22)(H,21,23). The Labute approximate surface area is 146 Å². The Morgan fingerprint density at radius 3 is 2.52 bits per heavy atom. The van der Waals surface area contributed by atoms with Gasteiger partial charge in [0, 0.05) is 34.0 Å². The lowest BCUT2D eigenvalue weighted by Crippen LogP contribution is -2.25.